The second-order valence-corrected chi connectivity index (χ2v) is 9.27. The Hall–Kier alpha value is -4.19. The molecular weight excluding hydrogens is 445 g/mol. The van der Waals surface area contributed by atoms with Gasteiger partial charge in [-0.1, -0.05) is 0 Å². The van der Waals surface area contributed by atoms with Gasteiger partial charge in [-0.15, -0.1) is 0 Å². The number of nitrogens with zero attached hydrogens (tertiary/aromatic N) is 6. The molecule has 0 radical (unpaired) electrons. The van der Waals surface area contributed by atoms with Gasteiger partial charge in [0.15, 0.2) is 17.3 Å². The molecule has 35 heavy (non-hydrogen) atoms. The number of anilines is 1. The summed E-state index contributed by atoms with van der Waals surface area (Å²) in [4.78, 5) is 4.40. The molecule has 2 aliphatic rings. The van der Waals surface area contributed by atoms with Gasteiger partial charge in [-0.2, -0.15) is 15.5 Å². The molecule has 3 aromatic heterocycles. The molecule has 9 heteroatoms. The van der Waals surface area contributed by atoms with Crippen molar-refractivity contribution in [3.05, 3.63) is 64.9 Å². The Kier molecular flexibility index (Phi) is 4.85. The molecule has 6 rings (SSSR count). The minimum Gasteiger partial charge on any atom is -0.482 e. The molecule has 1 atom stereocenters. The SMILES string of the molecule is C[C@H]1Oc2cc(cnc2N)-c2c(c(C#N)nn2C2CCC2)Cc2cn(C)nc2-c2ccc(F)cc21. The number of aromatic nitrogens is 5. The van der Waals surface area contributed by atoms with Crippen LogP contribution in [0.5, 0.6) is 5.75 Å². The highest BCUT2D eigenvalue weighted by atomic mass is 19.1. The molecule has 2 N–H and O–H groups in total. The maximum atomic E-state index is 14.4. The van der Waals surface area contributed by atoms with Crippen LogP contribution in [0.3, 0.4) is 0 Å². The monoisotopic (exact) mass is 469 g/mol. The normalized spacial score (nSPS) is 17.0. The molecule has 1 aliphatic carbocycles. The molecule has 1 fully saturated rings. The Morgan fingerprint density at radius 2 is 2.06 bits per heavy atom. The second kappa shape index (κ2) is 7.94. The van der Waals surface area contributed by atoms with E-state index >= 15 is 0 Å². The van der Waals surface area contributed by atoms with E-state index in [0.29, 0.717) is 23.4 Å². The third-order valence-corrected chi connectivity index (χ3v) is 6.97. The largest absolute Gasteiger partial charge is 0.482 e. The van der Waals surface area contributed by atoms with Crippen molar-refractivity contribution in [2.24, 2.45) is 7.05 Å². The number of halogens is 1. The summed E-state index contributed by atoms with van der Waals surface area (Å²) in [7, 11) is 1.85. The fourth-order valence-corrected chi connectivity index (χ4v) is 5.03. The number of hydrogen-bond donors (Lipinski definition) is 1. The van der Waals surface area contributed by atoms with E-state index in [1.165, 1.54) is 12.1 Å². The first-order chi connectivity index (χ1) is 16.9. The van der Waals surface area contributed by atoms with Crippen LogP contribution >= 0.6 is 0 Å². The van der Waals surface area contributed by atoms with Gasteiger partial charge in [0, 0.05) is 53.7 Å². The summed E-state index contributed by atoms with van der Waals surface area (Å²) < 4.78 is 24.3. The quantitative estimate of drug-likeness (QED) is 0.433. The van der Waals surface area contributed by atoms with Crippen LogP contribution in [-0.2, 0) is 13.5 Å². The molecule has 8 nitrogen and oxygen atoms in total. The van der Waals surface area contributed by atoms with E-state index in [-0.39, 0.29) is 17.7 Å². The predicted molar refractivity (Wildman–Crippen MR) is 128 cm³/mol. The molecule has 0 amide bonds. The Bertz CT molecular complexity index is 1510. The lowest BCUT2D eigenvalue weighted by molar-refractivity contribution is 0.227. The average Bonchev–Trinajstić information content (AvgIpc) is 3.33. The standard InChI is InChI=1S/C26H24FN7O/c1-14-20-10-17(27)6-7-19(20)24-16(13-33(2)32-24)8-21-22(11-28)31-34(18-4-3-5-18)25(21)15-9-23(35-14)26(29)30-12-15/h6-7,9-10,12-14,18H,3-5,8H2,1-2H3,(H2,29,30)/t14-/m1/s1. The highest BCUT2D eigenvalue weighted by molar-refractivity contribution is 5.73. The molecule has 0 saturated heterocycles. The molecule has 2 bridgehead atoms. The number of pyridine rings is 1. The molecule has 0 spiro atoms. The van der Waals surface area contributed by atoms with Crippen molar-refractivity contribution in [3.63, 3.8) is 0 Å². The van der Waals surface area contributed by atoms with Crippen LogP contribution < -0.4 is 10.5 Å². The highest BCUT2D eigenvalue weighted by Crippen LogP contribution is 2.42. The molecule has 4 aromatic rings. The number of rotatable bonds is 1. The van der Waals surface area contributed by atoms with E-state index in [0.717, 1.165) is 52.9 Å². The number of fused-ring (bicyclic) bond motifs is 7. The lowest BCUT2D eigenvalue weighted by atomic mass is 9.91. The number of nitrogen functional groups attached to an aromatic ring is 1. The summed E-state index contributed by atoms with van der Waals surface area (Å²) in [5.74, 6) is 0.281. The third-order valence-electron chi connectivity index (χ3n) is 6.97. The van der Waals surface area contributed by atoms with Gasteiger partial charge in [0.1, 0.15) is 18.0 Å². The van der Waals surface area contributed by atoms with E-state index in [1.54, 1.807) is 16.9 Å². The Labute approximate surface area is 201 Å². The first-order valence-corrected chi connectivity index (χ1v) is 11.7. The first kappa shape index (κ1) is 21.4. The van der Waals surface area contributed by atoms with Crippen molar-refractivity contribution in [1.29, 1.82) is 5.26 Å². The van der Waals surface area contributed by atoms with Gasteiger partial charge in [-0.05, 0) is 50.5 Å². The Morgan fingerprint density at radius 3 is 2.80 bits per heavy atom. The lowest BCUT2D eigenvalue weighted by Gasteiger charge is -2.28. The molecule has 1 aromatic carbocycles. The number of nitriles is 1. The minimum atomic E-state index is -0.514. The van der Waals surface area contributed by atoms with Crippen LogP contribution in [0.1, 0.15) is 60.7 Å². The second-order valence-electron chi connectivity index (χ2n) is 9.27. The molecule has 0 unspecified atom stereocenters. The fraction of sp³-hybridized carbons (Fsp3) is 0.308. The van der Waals surface area contributed by atoms with Crippen LogP contribution in [0.25, 0.3) is 22.5 Å². The Morgan fingerprint density at radius 1 is 1.23 bits per heavy atom. The fourth-order valence-electron chi connectivity index (χ4n) is 5.03. The van der Waals surface area contributed by atoms with Gasteiger partial charge in [-0.25, -0.2) is 9.37 Å². The zero-order valence-corrected chi connectivity index (χ0v) is 19.5. The van der Waals surface area contributed by atoms with Gasteiger partial charge in [0.05, 0.1) is 17.4 Å². The minimum absolute atomic E-state index is 0.233. The van der Waals surface area contributed by atoms with Crippen molar-refractivity contribution < 1.29 is 9.13 Å². The topological polar surface area (TPSA) is 108 Å². The number of nitrogens with two attached hydrogens (primary N) is 1. The van der Waals surface area contributed by atoms with Crippen molar-refractivity contribution >= 4 is 5.82 Å². The van der Waals surface area contributed by atoms with E-state index in [2.05, 4.69) is 11.1 Å². The van der Waals surface area contributed by atoms with Gasteiger partial charge >= 0.3 is 0 Å². The maximum Gasteiger partial charge on any atom is 0.166 e. The third kappa shape index (κ3) is 3.44. The zero-order valence-electron chi connectivity index (χ0n) is 19.5. The number of ether oxygens (including phenoxy) is 1. The predicted octanol–water partition coefficient (Wildman–Crippen LogP) is 4.71. The van der Waals surface area contributed by atoms with Crippen molar-refractivity contribution in [1.82, 2.24) is 24.5 Å². The number of hydrogen-bond acceptors (Lipinski definition) is 6. The van der Waals surface area contributed by atoms with Gasteiger partial charge in [0.25, 0.3) is 0 Å². The van der Waals surface area contributed by atoms with Crippen LogP contribution in [0.2, 0.25) is 0 Å². The average molecular weight is 470 g/mol. The number of benzene rings is 1. The number of aryl methyl sites for hydroxylation is 1. The maximum absolute atomic E-state index is 14.4. The van der Waals surface area contributed by atoms with Gasteiger partial charge < -0.3 is 10.5 Å². The summed E-state index contributed by atoms with van der Waals surface area (Å²) in [6.07, 6.45) is 6.73. The van der Waals surface area contributed by atoms with Crippen molar-refractivity contribution in [2.75, 3.05) is 5.73 Å². The zero-order chi connectivity index (χ0) is 24.3. The summed E-state index contributed by atoms with van der Waals surface area (Å²) >= 11 is 0. The molecule has 176 valence electrons. The summed E-state index contributed by atoms with van der Waals surface area (Å²) in [6, 6.07) is 9.00. The summed E-state index contributed by atoms with van der Waals surface area (Å²) in [5.41, 5.74) is 12.1. The Balaban J connectivity index is 1.66. The van der Waals surface area contributed by atoms with Crippen molar-refractivity contribution in [2.45, 2.75) is 44.8 Å². The highest BCUT2D eigenvalue weighted by Gasteiger charge is 2.30. The van der Waals surface area contributed by atoms with Crippen LogP contribution in [-0.4, -0.2) is 24.5 Å². The molecule has 4 heterocycles. The first-order valence-electron chi connectivity index (χ1n) is 11.7. The van der Waals surface area contributed by atoms with Gasteiger partial charge in [0.2, 0.25) is 0 Å². The van der Waals surface area contributed by atoms with E-state index in [1.807, 2.05) is 30.9 Å². The molecule has 1 saturated carbocycles. The smallest absolute Gasteiger partial charge is 0.166 e. The summed E-state index contributed by atoms with van der Waals surface area (Å²) in [5, 5.41) is 19.5. The van der Waals surface area contributed by atoms with E-state index < -0.39 is 6.10 Å². The van der Waals surface area contributed by atoms with Crippen LogP contribution in [0.15, 0.2) is 36.7 Å². The summed E-state index contributed by atoms with van der Waals surface area (Å²) in [6.45, 7) is 1.86. The van der Waals surface area contributed by atoms with Gasteiger partial charge in [-0.3, -0.25) is 9.36 Å². The van der Waals surface area contributed by atoms with Crippen LogP contribution in [0, 0.1) is 17.1 Å². The molecular formula is C26H24FN7O. The van der Waals surface area contributed by atoms with Crippen molar-refractivity contribution in [3.8, 4) is 34.3 Å². The van der Waals surface area contributed by atoms with E-state index in [9.17, 15) is 9.65 Å². The lowest BCUT2D eigenvalue weighted by Crippen LogP contribution is -2.19. The van der Waals surface area contributed by atoms with Crippen LogP contribution in [0.4, 0.5) is 10.2 Å². The molecule has 1 aliphatic heterocycles. The van der Waals surface area contributed by atoms with E-state index in [4.69, 9.17) is 20.7 Å².